The van der Waals surface area contributed by atoms with Gasteiger partial charge in [0.15, 0.2) is 9.84 Å². The van der Waals surface area contributed by atoms with Crippen molar-refractivity contribution in [1.29, 1.82) is 0 Å². The summed E-state index contributed by atoms with van der Waals surface area (Å²) < 4.78 is 23.4. The first-order valence-electron chi connectivity index (χ1n) is 6.42. The zero-order valence-corrected chi connectivity index (χ0v) is 12.2. The molecule has 0 saturated carbocycles. The second kappa shape index (κ2) is 6.34. The predicted octanol–water partition coefficient (Wildman–Crippen LogP) is 2.25. The van der Waals surface area contributed by atoms with Crippen molar-refractivity contribution >= 4 is 9.84 Å². The molecule has 0 aromatic heterocycles. The molecule has 1 aromatic carbocycles. The lowest BCUT2D eigenvalue weighted by Crippen LogP contribution is -2.22. The molecule has 0 aliphatic rings. The molecular weight excluding hydrogens is 246 g/mol. The van der Waals surface area contributed by atoms with Crippen LogP contribution >= 0.6 is 0 Å². The molecule has 1 atom stereocenters. The van der Waals surface area contributed by atoms with Crippen LogP contribution in [0.2, 0.25) is 0 Å². The standard InChI is InChI=1S/C14H23NO2S/c1-4-18(16,17)14-7-5-12(6-8-14)9-13(10-15)11(2)3/h5-8,11,13H,4,9-10,15H2,1-3H3. The molecule has 0 spiro atoms. The van der Waals surface area contributed by atoms with Gasteiger partial charge in [0.05, 0.1) is 10.6 Å². The van der Waals surface area contributed by atoms with Crippen LogP contribution in [-0.2, 0) is 16.3 Å². The summed E-state index contributed by atoms with van der Waals surface area (Å²) in [6.07, 6.45) is 0.903. The topological polar surface area (TPSA) is 60.2 Å². The maximum absolute atomic E-state index is 11.7. The van der Waals surface area contributed by atoms with Crippen LogP contribution < -0.4 is 5.73 Å². The fourth-order valence-corrected chi connectivity index (χ4v) is 2.78. The number of benzene rings is 1. The van der Waals surface area contributed by atoms with Gasteiger partial charge in [0, 0.05) is 0 Å². The summed E-state index contributed by atoms with van der Waals surface area (Å²) in [6.45, 7) is 6.64. The molecule has 1 aromatic rings. The Labute approximate surface area is 110 Å². The van der Waals surface area contributed by atoms with E-state index in [1.807, 2.05) is 12.1 Å². The summed E-state index contributed by atoms with van der Waals surface area (Å²) in [7, 11) is -3.09. The third-order valence-corrected chi connectivity index (χ3v) is 5.16. The van der Waals surface area contributed by atoms with E-state index in [2.05, 4.69) is 13.8 Å². The van der Waals surface area contributed by atoms with E-state index in [0.29, 0.717) is 23.3 Å². The van der Waals surface area contributed by atoms with Gasteiger partial charge in [0.25, 0.3) is 0 Å². The number of hydrogen-bond donors (Lipinski definition) is 1. The third-order valence-electron chi connectivity index (χ3n) is 3.41. The third kappa shape index (κ3) is 3.82. The molecular formula is C14H23NO2S. The van der Waals surface area contributed by atoms with Crippen molar-refractivity contribution in [3.8, 4) is 0 Å². The second-order valence-corrected chi connectivity index (χ2v) is 7.27. The molecule has 2 N–H and O–H groups in total. The summed E-state index contributed by atoms with van der Waals surface area (Å²) in [6, 6.07) is 7.19. The summed E-state index contributed by atoms with van der Waals surface area (Å²) >= 11 is 0. The molecule has 0 fully saturated rings. The zero-order valence-electron chi connectivity index (χ0n) is 11.4. The van der Waals surface area contributed by atoms with Gasteiger partial charge in [-0.2, -0.15) is 0 Å². The van der Waals surface area contributed by atoms with Crippen molar-refractivity contribution in [2.75, 3.05) is 12.3 Å². The Hall–Kier alpha value is -0.870. The van der Waals surface area contributed by atoms with Crippen molar-refractivity contribution in [2.45, 2.75) is 32.1 Å². The Morgan fingerprint density at radius 2 is 1.72 bits per heavy atom. The number of nitrogens with two attached hydrogens (primary N) is 1. The second-order valence-electron chi connectivity index (χ2n) is 4.99. The van der Waals surface area contributed by atoms with Gasteiger partial charge in [-0.05, 0) is 42.5 Å². The zero-order chi connectivity index (χ0) is 13.8. The summed E-state index contributed by atoms with van der Waals surface area (Å²) in [5.41, 5.74) is 6.89. The van der Waals surface area contributed by atoms with Gasteiger partial charge in [-0.1, -0.05) is 32.9 Å². The largest absolute Gasteiger partial charge is 0.330 e. The smallest absolute Gasteiger partial charge is 0.178 e. The van der Waals surface area contributed by atoms with Gasteiger partial charge in [-0.3, -0.25) is 0 Å². The van der Waals surface area contributed by atoms with E-state index in [0.717, 1.165) is 12.0 Å². The van der Waals surface area contributed by atoms with Crippen molar-refractivity contribution in [3.63, 3.8) is 0 Å². The van der Waals surface area contributed by atoms with Gasteiger partial charge in [-0.15, -0.1) is 0 Å². The van der Waals surface area contributed by atoms with Crippen LogP contribution in [0.5, 0.6) is 0 Å². The highest BCUT2D eigenvalue weighted by Gasteiger charge is 2.14. The molecule has 0 bridgehead atoms. The van der Waals surface area contributed by atoms with Crippen molar-refractivity contribution in [2.24, 2.45) is 17.6 Å². The molecule has 0 radical (unpaired) electrons. The SMILES string of the molecule is CCS(=O)(=O)c1ccc(CC(CN)C(C)C)cc1. The Kier molecular flexibility index (Phi) is 5.35. The van der Waals surface area contributed by atoms with Gasteiger partial charge < -0.3 is 5.73 Å². The first kappa shape index (κ1) is 15.2. The molecule has 1 unspecified atom stereocenters. The Morgan fingerprint density at radius 3 is 2.11 bits per heavy atom. The van der Waals surface area contributed by atoms with E-state index in [4.69, 9.17) is 5.73 Å². The maximum atomic E-state index is 11.7. The molecule has 18 heavy (non-hydrogen) atoms. The highest BCUT2D eigenvalue weighted by molar-refractivity contribution is 7.91. The molecule has 102 valence electrons. The Bertz CT molecular complexity index is 463. The first-order chi connectivity index (χ1) is 8.40. The van der Waals surface area contributed by atoms with E-state index in [-0.39, 0.29) is 5.75 Å². The molecule has 3 nitrogen and oxygen atoms in total. The summed E-state index contributed by atoms with van der Waals surface area (Å²) in [4.78, 5) is 0.405. The molecule has 0 aliphatic carbocycles. The molecule has 0 saturated heterocycles. The molecule has 1 rings (SSSR count). The van der Waals surface area contributed by atoms with E-state index in [9.17, 15) is 8.42 Å². The lowest BCUT2D eigenvalue weighted by molar-refractivity contribution is 0.392. The number of rotatable bonds is 6. The molecule has 0 aliphatic heterocycles. The van der Waals surface area contributed by atoms with Crippen LogP contribution in [0.1, 0.15) is 26.3 Å². The summed E-state index contributed by atoms with van der Waals surface area (Å²) in [5.74, 6) is 1.12. The van der Waals surface area contributed by atoms with Gasteiger partial charge in [0.2, 0.25) is 0 Å². The molecule has 4 heteroatoms. The van der Waals surface area contributed by atoms with E-state index < -0.39 is 9.84 Å². The number of sulfone groups is 1. The van der Waals surface area contributed by atoms with E-state index in [1.54, 1.807) is 19.1 Å². The van der Waals surface area contributed by atoms with E-state index >= 15 is 0 Å². The van der Waals surface area contributed by atoms with Crippen molar-refractivity contribution < 1.29 is 8.42 Å². The van der Waals surface area contributed by atoms with Crippen LogP contribution in [0.3, 0.4) is 0 Å². The Morgan fingerprint density at radius 1 is 1.17 bits per heavy atom. The summed E-state index contributed by atoms with van der Waals surface area (Å²) in [5, 5.41) is 0. The van der Waals surface area contributed by atoms with Crippen LogP contribution in [0, 0.1) is 11.8 Å². The maximum Gasteiger partial charge on any atom is 0.178 e. The van der Waals surface area contributed by atoms with Gasteiger partial charge in [-0.25, -0.2) is 8.42 Å². The molecule has 0 amide bonds. The van der Waals surface area contributed by atoms with Crippen LogP contribution in [0.4, 0.5) is 0 Å². The average molecular weight is 269 g/mol. The monoisotopic (exact) mass is 269 g/mol. The highest BCUT2D eigenvalue weighted by Crippen LogP contribution is 2.18. The van der Waals surface area contributed by atoms with Gasteiger partial charge >= 0.3 is 0 Å². The first-order valence-corrected chi connectivity index (χ1v) is 8.07. The normalized spacial score (nSPS) is 13.8. The van der Waals surface area contributed by atoms with Crippen LogP contribution in [0.15, 0.2) is 29.2 Å². The quantitative estimate of drug-likeness (QED) is 0.861. The van der Waals surface area contributed by atoms with Gasteiger partial charge in [0.1, 0.15) is 0 Å². The van der Waals surface area contributed by atoms with Crippen molar-refractivity contribution in [3.05, 3.63) is 29.8 Å². The predicted molar refractivity (Wildman–Crippen MR) is 75.3 cm³/mol. The highest BCUT2D eigenvalue weighted by atomic mass is 32.2. The number of hydrogen-bond acceptors (Lipinski definition) is 3. The average Bonchev–Trinajstić information content (AvgIpc) is 2.36. The van der Waals surface area contributed by atoms with E-state index in [1.165, 1.54) is 0 Å². The minimum atomic E-state index is -3.09. The lowest BCUT2D eigenvalue weighted by Gasteiger charge is -2.18. The lowest BCUT2D eigenvalue weighted by atomic mass is 9.89. The van der Waals surface area contributed by atoms with Crippen LogP contribution in [-0.4, -0.2) is 20.7 Å². The van der Waals surface area contributed by atoms with Crippen molar-refractivity contribution in [1.82, 2.24) is 0 Å². The minimum Gasteiger partial charge on any atom is -0.330 e. The Balaban J connectivity index is 2.84. The van der Waals surface area contributed by atoms with Crippen LogP contribution in [0.25, 0.3) is 0 Å². The fraction of sp³-hybridized carbons (Fsp3) is 0.571. The fourth-order valence-electron chi connectivity index (χ4n) is 1.89. The molecule has 0 heterocycles. The minimum absolute atomic E-state index is 0.143.